The number of nitrogens with zero attached hydrogens (tertiary/aromatic N) is 2. The maximum absolute atomic E-state index is 12.3. The van der Waals surface area contributed by atoms with Gasteiger partial charge in [-0.05, 0) is 43.5 Å². The lowest BCUT2D eigenvalue weighted by atomic mass is 10.1. The van der Waals surface area contributed by atoms with Gasteiger partial charge < -0.3 is 14.6 Å². The Morgan fingerprint density at radius 2 is 1.93 bits per heavy atom. The van der Waals surface area contributed by atoms with E-state index >= 15 is 0 Å². The van der Waals surface area contributed by atoms with Gasteiger partial charge in [0, 0.05) is 35.2 Å². The topological polar surface area (TPSA) is 67.0 Å². The van der Waals surface area contributed by atoms with Gasteiger partial charge >= 0.3 is 0 Å². The molecule has 1 amide bonds. The molecule has 1 aromatic heterocycles. The van der Waals surface area contributed by atoms with E-state index in [1.54, 1.807) is 6.08 Å². The van der Waals surface area contributed by atoms with E-state index in [0.29, 0.717) is 6.61 Å². The molecule has 0 unspecified atom stereocenters. The fourth-order valence-corrected chi connectivity index (χ4v) is 3.31. The molecule has 0 spiro atoms. The van der Waals surface area contributed by atoms with Crippen LogP contribution in [0.2, 0.25) is 0 Å². The molecule has 0 atom stereocenters. The second-order valence-corrected chi connectivity index (χ2v) is 7.23. The van der Waals surface area contributed by atoms with Gasteiger partial charge in [0.15, 0.2) is 0 Å². The zero-order chi connectivity index (χ0) is 20.1. The Labute approximate surface area is 170 Å². The average molecular weight is 385 g/mol. The first kappa shape index (κ1) is 18.8. The number of hydrogen-bond donors (Lipinski definition) is 1. The van der Waals surface area contributed by atoms with Crippen LogP contribution in [0.15, 0.2) is 66.4 Å². The molecule has 29 heavy (non-hydrogen) atoms. The number of nitriles is 1. The predicted octanol–water partition coefficient (Wildman–Crippen LogP) is 4.30. The Hall–Kier alpha value is -3.52. The molecule has 0 bridgehead atoms. The molecule has 146 valence electrons. The molecule has 5 nitrogen and oxygen atoms in total. The molecule has 0 radical (unpaired) electrons. The van der Waals surface area contributed by atoms with E-state index in [1.807, 2.05) is 60.8 Å². The summed E-state index contributed by atoms with van der Waals surface area (Å²) in [5, 5.41) is 13.4. The third-order valence-electron chi connectivity index (χ3n) is 4.95. The van der Waals surface area contributed by atoms with Gasteiger partial charge in [-0.25, -0.2) is 0 Å². The Balaban J connectivity index is 1.49. The third-order valence-corrected chi connectivity index (χ3v) is 4.95. The van der Waals surface area contributed by atoms with Crippen LogP contribution in [-0.4, -0.2) is 23.1 Å². The van der Waals surface area contributed by atoms with Gasteiger partial charge in [0.05, 0.1) is 6.61 Å². The molecule has 5 heteroatoms. The van der Waals surface area contributed by atoms with Gasteiger partial charge in [-0.2, -0.15) is 5.26 Å². The number of rotatable bonds is 8. The van der Waals surface area contributed by atoms with E-state index in [9.17, 15) is 10.1 Å². The van der Waals surface area contributed by atoms with E-state index < -0.39 is 0 Å². The van der Waals surface area contributed by atoms with Crippen molar-refractivity contribution in [3.8, 4) is 11.8 Å². The quantitative estimate of drug-likeness (QED) is 0.357. The van der Waals surface area contributed by atoms with Crippen molar-refractivity contribution in [1.82, 2.24) is 9.88 Å². The molecule has 4 rings (SSSR count). The molecule has 1 heterocycles. The molecule has 1 aliphatic carbocycles. The molecule has 1 fully saturated rings. The second kappa shape index (κ2) is 8.66. The summed E-state index contributed by atoms with van der Waals surface area (Å²) >= 11 is 0. The summed E-state index contributed by atoms with van der Waals surface area (Å²) in [6.45, 7) is 1.41. The molecule has 1 saturated carbocycles. The maximum Gasteiger partial charge on any atom is 0.262 e. The highest BCUT2D eigenvalue weighted by Crippen LogP contribution is 2.25. The molecule has 0 saturated heterocycles. The number of nitrogens with one attached hydrogen (secondary N) is 1. The Bertz CT molecular complexity index is 1070. The summed E-state index contributed by atoms with van der Waals surface area (Å²) in [4.78, 5) is 12.3. The number of amides is 1. The number of fused-ring (bicyclic) bond motifs is 1. The Kier molecular flexibility index (Phi) is 5.62. The number of para-hydroxylation sites is 2. The highest BCUT2D eigenvalue weighted by Gasteiger charge is 2.24. The number of aryl methyl sites for hydroxylation is 1. The van der Waals surface area contributed by atoms with Crippen molar-refractivity contribution in [3.05, 3.63) is 71.9 Å². The van der Waals surface area contributed by atoms with E-state index in [0.717, 1.165) is 48.0 Å². The summed E-state index contributed by atoms with van der Waals surface area (Å²) in [5.74, 6) is 0.580. The smallest absolute Gasteiger partial charge is 0.262 e. The molecule has 3 aromatic rings. The standard InChI is InChI=1S/C24H23N3O2/c25-16-18(24(28)26-20-11-12-20)15-19-17-27(23-10-5-4-9-22(19)23)13-6-14-29-21-7-2-1-3-8-21/h1-5,7-10,15,17,20H,6,11-14H2,(H,26,28)/b18-15+. The summed E-state index contributed by atoms with van der Waals surface area (Å²) in [7, 11) is 0. The van der Waals surface area contributed by atoms with Crippen molar-refractivity contribution >= 4 is 22.9 Å². The fourth-order valence-electron chi connectivity index (χ4n) is 3.31. The first-order valence-electron chi connectivity index (χ1n) is 9.93. The lowest BCUT2D eigenvalue weighted by Gasteiger charge is -2.07. The minimum absolute atomic E-state index is 0.146. The van der Waals surface area contributed by atoms with Crippen molar-refractivity contribution in [1.29, 1.82) is 5.26 Å². The summed E-state index contributed by atoms with van der Waals surface area (Å²) in [5.41, 5.74) is 2.11. The third kappa shape index (κ3) is 4.67. The van der Waals surface area contributed by atoms with Crippen LogP contribution in [0.25, 0.3) is 17.0 Å². The average Bonchev–Trinajstić information content (AvgIpc) is 3.50. The SMILES string of the molecule is N#C/C(=C\c1cn(CCCOc2ccccc2)c2ccccc12)C(=O)NC1CC1. The first-order valence-corrected chi connectivity index (χ1v) is 9.93. The fraction of sp³-hybridized carbons (Fsp3) is 0.250. The van der Waals surface area contributed by atoms with Crippen LogP contribution in [0.1, 0.15) is 24.8 Å². The summed E-state index contributed by atoms with van der Waals surface area (Å²) in [6, 6.07) is 20.1. The zero-order valence-electron chi connectivity index (χ0n) is 16.2. The lowest BCUT2D eigenvalue weighted by Crippen LogP contribution is -2.26. The van der Waals surface area contributed by atoms with Gasteiger partial charge in [0.25, 0.3) is 5.91 Å². The first-order chi connectivity index (χ1) is 14.2. The van der Waals surface area contributed by atoms with Crippen molar-refractivity contribution in [2.75, 3.05) is 6.61 Å². The highest BCUT2D eigenvalue weighted by molar-refractivity contribution is 6.04. The Morgan fingerprint density at radius 1 is 1.17 bits per heavy atom. The normalized spacial score (nSPS) is 13.8. The lowest BCUT2D eigenvalue weighted by molar-refractivity contribution is -0.117. The van der Waals surface area contributed by atoms with E-state index in [-0.39, 0.29) is 17.5 Å². The van der Waals surface area contributed by atoms with Crippen molar-refractivity contribution < 1.29 is 9.53 Å². The molecule has 1 N–H and O–H groups in total. The number of carbonyl (C=O) groups is 1. The van der Waals surface area contributed by atoms with Gasteiger partial charge in [0.2, 0.25) is 0 Å². The van der Waals surface area contributed by atoms with E-state index in [2.05, 4.69) is 16.0 Å². The molecular formula is C24H23N3O2. The van der Waals surface area contributed by atoms with Crippen LogP contribution < -0.4 is 10.1 Å². The van der Waals surface area contributed by atoms with Gasteiger partial charge in [-0.1, -0.05) is 36.4 Å². The largest absolute Gasteiger partial charge is 0.494 e. The number of aromatic nitrogens is 1. The molecular weight excluding hydrogens is 362 g/mol. The van der Waals surface area contributed by atoms with Gasteiger partial charge in [-0.3, -0.25) is 4.79 Å². The van der Waals surface area contributed by atoms with Crippen LogP contribution in [0, 0.1) is 11.3 Å². The van der Waals surface area contributed by atoms with Crippen molar-refractivity contribution in [2.24, 2.45) is 0 Å². The van der Waals surface area contributed by atoms with Gasteiger partial charge in [0.1, 0.15) is 17.4 Å². The zero-order valence-corrected chi connectivity index (χ0v) is 16.2. The van der Waals surface area contributed by atoms with Crippen molar-refractivity contribution in [3.63, 3.8) is 0 Å². The van der Waals surface area contributed by atoms with Crippen LogP contribution >= 0.6 is 0 Å². The number of hydrogen-bond acceptors (Lipinski definition) is 3. The second-order valence-electron chi connectivity index (χ2n) is 7.23. The predicted molar refractivity (Wildman–Crippen MR) is 113 cm³/mol. The maximum atomic E-state index is 12.3. The van der Waals surface area contributed by atoms with Crippen LogP contribution in [0.3, 0.4) is 0 Å². The monoisotopic (exact) mass is 385 g/mol. The Morgan fingerprint density at radius 3 is 2.69 bits per heavy atom. The van der Waals surface area contributed by atoms with Crippen LogP contribution in [-0.2, 0) is 11.3 Å². The molecule has 2 aromatic carbocycles. The highest BCUT2D eigenvalue weighted by atomic mass is 16.5. The van der Waals surface area contributed by atoms with E-state index in [4.69, 9.17) is 4.74 Å². The van der Waals surface area contributed by atoms with E-state index in [1.165, 1.54) is 0 Å². The van der Waals surface area contributed by atoms with Gasteiger partial charge in [-0.15, -0.1) is 0 Å². The number of benzene rings is 2. The van der Waals surface area contributed by atoms with Crippen molar-refractivity contribution in [2.45, 2.75) is 31.8 Å². The van der Waals surface area contributed by atoms with Crippen LogP contribution in [0.4, 0.5) is 0 Å². The summed E-state index contributed by atoms with van der Waals surface area (Å²) in [6.07, 6.45) is 6.54. The molecule has 0 aliphatic heterocycles. The summed E-state index contributed by atoms with van der Waals surface area (Å²) < 4.78 is 7.94. The number of ether oxygens (including phenoxy) is 1. The minimum atomic E-state index is -0.289. The van der Waals surface area contributed by atoms with Crippen LogP contribution in [0.5, 0.6) is 5.75 Å². The number of carbonyl (C=O) groups excluding carboxylic acids is 1. The molecule has 1 aliphatic rings. The minimum Gasteiger partial charge on any atom is -0.494 e.